The first-order valence-corrected chi connectivity index (χ1v) is 7.89. The van der Waals surface area contributed by atoms with Crippen molar-refractivity contribution in [3.63, 3.8) is 0 Å². The molecule has 2 aliphatic rings. The van der Waals surface area contributed by atoms with Gasteiger partial charge >= 0.3 is 0 Å². The van der Waals surface area contributed by atoms with Crippen LogP contribution in [0.5, 0.6) is 0 Å². The Morgan fingerprint density at radius 2 is 2.10 bits per heavy atom. The van der Waals surface area contributed by atoms with E-state index in [2.05, 4.69) is 26.1 Å². The van der Waals surface area contributed by atoms with Crippen LogP contribution in [0.2, 0.25) is 0 Å². The first-order valence-electron chi connectivity index (χ1n) is 7.89. The molecule has 1 amide bonds. The van der Waals surface area contributed by atoms with Crippen molar-refractivity contribution in [1.29, 1.82) is 0 Å². The van der Waals surface area contributed by atoms with Crippen LogP contribution in [0, 0.1) is 5.41 Å². The predicted molar refractivity (Wildman–Crippen MR) is 78.6 cm³/mol. The molecule has 20 heavy (non-hydrogen) atoms. The van der Waals surface area contributed by atoms with E-state index in [0.717, 1.165) is 38.7 Å². The molecular formula is C16H29NO3. The van der Waals surface area contributed by atoms with Gasteiger partial charge in [0.25, 0.3) is 0 Å². The van der Waals surface area contributed by atoms with Gasteiger partial charge in [0.1, 0.15) is 6.61 Å². The first-order chi connectivity index (χ1) is 9.39. The van der Waals surface area contributed by atoms with E-state index in [0.29, 0.717) is 6.61 Å². The van der Waals surface area contributed by atoms with E-state index in [9.17, 15) is 4.79 Å². The highest BCUT2D eigenvalue weighted by atomic mass is 16.5. The van der Waals surface area contributed by atoms with Gasteiger partial charge in [-0.05, 0) is 43.9 Å². The van der Waals surface area contributed by atoms with E-state index in [1.54, 1.807) is 0 Å². The number of carbonyl (C=O) groups excluding carboxylic acids is 1. The molecule has 2 rings (SSSR count). The smallest absolute Gasteiger partial charge is 0.246 e. The Kier molecular flexibility index (Phi) is 5.08. The number of ether oxygens (including phenoxy) is 2. The Morgan fingerprint density at radius 3 is 2.65 bits per heavy atom. The van der Waals surface area contributed by atoms with Crippen molar-refractivity contribution >= 4 is 5.91 Å². The summed E-state index contributed by atoms with van der Waals surface area (Å²) in [5, 5.41) is 3.16. The average Bonchev–Trinajstić information content (AvgIpc) is 3.07. The van der Waals surface area contributed by atoms with Gasteiger partial charge < -0.3 is 14.8 Å². The van der Waals surface area contributed by atoms with Crippen molar-refractivity contribution in [3.8, 4) is 0 Å². The van der Waals surface area contributed by atoms with Gasteiger partial charge in [0, 0.05) is 12.1 Å². The standard InChI is InChI=1S/C16H29NO3/c1-15(2,3)12-16(7-8-16)17-14(18)11-19-10-13-6-4-5-9-20-13/h13H,4-12H2,1-3H3,(H,17,18)/t13-/m0/s1. The minimum absolute atomic E-state index is 0.0163. The molecule has 1 saturated carbocycles. The highest BCUT2D eigenvalue weighted by molar-refractivity contribution is 5.78. The van der Waals surface area contributed by atoms with Crippen LogP contribution in [0.3, 0.4) is 0 Å². The molecule has 1 N–H and O–H groups in total. The first kappa shape index (κ1) is 15.8. The Hall–Kier alpha value is -0.610. The number of hydrogen-bond donors (Lipinski definition) is 1. The molecule has 1 aliphatic carbocycles. The van der Waals surface area contributed by atoms with Crippen molar-refractivity contribution < 1.29 is 14.3 Å². The van der Waals surface area contributed by atoms with Gasteiger partial charge in [-0.3, -0.25) is 4.79 Å². The monoisotopic (exact) mass is 283 g/mol. The second-order valence-corrected chi connectivity index (χ2v) is 7.57. The van der Waals surface area contributed by atoms with Gasteiger partial charge in [-0.2, -0.15) is 0 Å². The lowest BCUT2D eigenvalue weighted by Gasteiger charge is -2.27. The van der Waals surface area contributed by atoms with Gasteiger partial charge in [-0.25, -0.2) is 0 Å². The molecule has 0 unspecified atom stereocenters. The van der Waals surface area contributed by atoms with Gasteiger partial charge in [-0.15, -0.1) is 0 Å². The van der Waals surface area contributed by atoms with E-state index in [1.165, 1.54) is 6.42 Å². The highest BCUT2D eigenvalue weighted by Gasteiger charge is 2.46. The molecule has 116 valence electrons. The summed E-state index contributed by atoms with van der Waals surface area (Å²) in [6.45, 7) is 8.18. The van der Waals surface area contributed by atoms with E-state index in [4.69, 9.17) is 9.47 Å². The Bertz CT molecular complexity index is 325. The molecule has 1 atom stereocenters. The zero-order chi connectivity index (χ0) is 14.6. The maximum atomic E-state index is 11.9. The van der Waals surface area contributed by atoms with Crippen LogP contribution in [-0.2, 0) is 14.3 Å². The minimum atomic E-state index is 0.0163. The zero-order valence-corrected chi connectivity index (χ0v) is 13.2. The summed E-state index contributed by atoms with van der Waals surface area (Å²) in [4.78, 5) is 11.9. The number of carbonyl (C=O) groups is 1. The molecule has 4 nitrogen and oxygen atoms in total. The Morgan fingerprint density at radius 1 is 1.35 bits per heavy atom. The Balaban J connectivity index is 1.63. The summed E-state index contributed by atoms with van der Waals surface area (Å²) in [7, 11) is 0. The number of rotatable bonds is 6. The van der Waals surface area contributed by atoms with Crippen molar-refractivity contribution in [2.75, 3.05) is 19.8 Å². The van der Waals surface area contributed by atoms with Crippen molar-refractivity contribution in [2.24, 2.45) is 5.41 Å². The average molecular weight is 283 g/mol. The maximum absolute atomic E-state index is 11.9. The molecule has 1 aliphatic heterocycles. The van der Waals surface area contributed by atoms with Gasteiger partial charge in [-0.1, -0.05) is 20.8 Å². The Labute approximate surface area is 122 Å². The summed E-state index contributed by atoms with van der Waals surface area (Å²) in [6.07, 6.45) is 6.82. The van der Waals surface area contributed by atoms with Gasteiger partial charge in [0.05, 0.1) is 12.7 Å². The summed E-state index contributed by atoms with van der Waals surface area (Å²) >= 11 is 0. The molecule has 1 heterocycles. The normalized spacial score (nSPS) is 25.2. The molecule has 0 aromatic carbocycles. The topological polar surface area (TPSA) is 47.6 Å². The number of nitrogens with one attached hydrogen (secondary N) is 1. The van der Waals surface area contributed by atoms with Crippen LogP contribution in [0.1, 0.15) is 59.3 Å². The van der Waals surface area contributed by atoms with Crippen LogP contribution >= 0.6 is 0 Å². The lowest BCUT2D eigenvalue weighted by molar-refractivity contribution is -0.129. The molecule has 1 saturated heterocycles. The largest absolute Gasteiger partial charge is 0.376 e. The van der Waals surface area contributed by atoms with Crippen LogP contribution in [-0.4, -0.2) is 37.4 Å². The minimum Gasteiger partial charge on any atom is -0.376 e. The third-order valence-electron chi connectivity index (χ3n) is 3.94. The summed E-state index contributed by atoms with van der Waals surface area (Å²) < 4.78 is 11.1. The summed E-state index contributed by atoms with van der Waals surface area (Å²) in [5.41, 5.74) is 0.292. The van der Waals surface area contributed by atoms with Crippen LogP contribution in [0.25, 0.3) is 0 Å². The lowest BCUT2D eigenvalue weighted by Crippen LogP contribution is -2.41. The number of hydrogen-bond acceptors (Lipinski definition) is 3. The fourth-order valence-electron chi connectivity index (χ4n) is 3.07. The molecule has 4 heteroatoms. The van der Waals surface area contributed by atoms with Gasteiger partial charge in [0.15, 0.2) is 0 Å². The van der Waals surface area contributed by atoms with Crippen molar-refractivity contribution in [3.05, 3.63) is 0 Å². The second-order valence-electron chi connectivity index (χ2n) is 7.57. The van der Waals surface area contributed by atoms with Crippen molar-refractivity contribution in [1.82, 2.24) is 5.32 Å². The molecule has 0 aromatic rings. The van der Waals surface area contributed by atoms with E-state index in [-0.39, 0.29) is 29.6 Å². The zero-order valence-electron chi connectivity index (χ0n) is 13.2. The maximum Gasteiger partial charge on any atom is 0.246 e. The highest BCUT2D eigenvalue weighted by Crippen LogP contribution is 2.44. The van der Waals surface area contributed by atoms with Crippen molar-refractivity contribution in [2.45, 2.75) is 70.9 Å². The molecule has 0 radical (unpaired) electrons. The van der Waals surface area contributed by atoms with Crippen LogP contribution in [0.15, 0.2) is 0 Å². The quantitative estimate of drug-likeness (QED) is 0.815. The fourth-order valence-corrected chi connectivity index (χ4v) is 3.07. The van der Waals surface area contributed by atoms with E-state index < -0.39 is 0 Å². The molecule has 0 aromatic heterocycles. The third kappa shape index (κ3) is 5.41. The fraction of sp³-hybridized carbons (Fsp3) is 0.938. The SMILES string of the molecule is CC(C)(C)CC1(NC(=O)COC[C@@H]2CCCCO2)CC1. The van der Waals surface area contributed by atoms with E-state index >= 15 is 0 Å². The summed E-state index contributed by atoms with van der Waals surface area (Å²) in [6, 6.07) is 0. The lowest BCUT2D eigenvalue weighted by atomic mass is 9.87. The van der Waals surface area contributed by atoms with E-state index in [1.807, 2.05) is 0 Å². The number of amides is 1. The summed E-state index contributed by atoms with van der Waals surface area (Å²) in [5.74, 6) is 0.0163. The molecule has 0 bridgehead atoms. The third-order valence-corrected chi connectivity index (χ3v) is 3.94. The van der Waals surface area contributed by atoms with Crippen LogP contribution in [0.4, 0.5) is 0 Å². The molecule has 2 fully saturated rings. The predicted octanol–water partition coefficient (Wildman–Crippen LogP) is 2.66. The molecular weight excluding hydrogens is 254 g/mol. The van der Waals surface area contributed by atoms with Gasteiger partial charge in [0.2, 0.25) is 5.91 Å². The van der Waals surface area contributed by atoms with Crippen LogP contribution < -0.4 is 5.32 Å². The molecule has 0 spiro atoms. The second kappa shape index (κ2) is 6.44.